The van der Waals surface area contributed by atoms with Crippen molar-refractivity contribution in [2.24, 2.45) is 5.92 Å². The van der Waals surface area contributed by atoms with Crippen molar-refractivity contribution in [2.45, 2.75) is 44.0 Å². The van der Waals surface area contributed by atoms with E-state index in [4.69, 9.17) is 5.11 Å². The summed E-state index contributed by atoms with van der Waals surface area (Å²) in [5.74, 6) is -1.70. The standard InChI is InChI=1S/C15H20N2O5S/c1-9(2)14(15(19)20)17-23(21,22)11-6-7-12-10(8-11)4-3-5-13(18)16-12/h6-9,14,17H,3-5H2,1-2H3,(H,16,18)(H,19,20)/t14-/m1/s1. The van der Waals surface area contributed by atoms with Crippen LogP contribution in [0.1, 0.15) is 32.3 Å². The fourth-order valence-corrected chi connectivity index (χ4v) is 3.81. The maximum absolute atomic E-state index is 12.4. The van der Waals surface area contributed by atoms with E-state index in [0.29, 0.717) is 24.9 Å². The van der Waals surface area contributed by atoms with Crippen LogP contribution in [0.3, 0.4) is 0 Å². The molecule has 0 saturated heterocycles. The van der Waals surface area contributed by atoms with Gasteiger partial charge in [0.15, 0.2) is 0 Å². The summed E-state index contributed by atoms with van der Waals surface area (Å²) in [4.78, 5) is 22.7. The van der Waals surface area contributed by atoms with Gasteiger partial charge in [0.2, 0.25) is 15.9 Å². The highest BCUT2D eigenvalue weighted by Gasteiger charge is 2.28. The van der Waals surface area contributed by atoms with Crippen LogP contribution in [0.2, 0.25) is 0 Å². The zero-order valence-electron chi connectivity index (χ0n) is 13.0. The number of rotatable bonds is 5. The van der Waals surface area contributed by atoms with Crippen LogP contribution in [0.15, 0.2) is 23.1 Å². The van der Waals surface area contributed by atoms with Gasteiger partial charge < -0.3 is 10.4 Å². The molecule has 7 nitrogen and oxygen atoms in total. The van der Waals surface area contributed by atoms with Crippen LogP contribution in [0.4, 0.5) is 5.69 Å². The minimum Gasteiger partial charge on any atom is -0.480 e. The van der Waals surface area contributed by atoms with Gasteiger partial charge in [-0.15, -0.1) is 0 Å². The lowest BCUT2D eigenvalue weighted by atomic mass is 10.1. The summed E-state index contributed by atoms with van der Waals surface area (Å²) in [7, 11) is -3.95. The molecule has 0 aromatic heterocycles. The van der Waals surface area contributed by atoms with Gasteiger partial charge in [0.1, 0.15) is 6.04 Å². The molecule has 1 aromatic rings. The molecule has 1 aliphatic heterocycles. The number of amides is 1. The van der Waals surface area contributed by atoms with Gasteiger partial charge in [-0.25, -0.2) is 8.42 Å². The summed E-state index contributed by atoms with van der Waals surface area (Å²) >= 11 is 0. The molecule has 0 radical (unpaired) electrons. The Morgan fingerprint density at radius 3 is 2.61 bits per heavy atom. The smallest absolute Gasteiger partial charge is 0.322 e. The van der Waals surface area contributed by atoms with Crippen molar-refractivity contribution in [1.82, 2.24) is 4.72 Å². The van der Waals surface area contributed by atoms with Crippen LogP contribution >= 0.6 is 0 Å². The normalized spacial score (nSPS) is 16.4. The molecule has 1 atom stereocenters. The molecule has 3 N–H and O–H groups in total. The van der Waals surface area contributed by atoms with Crippen molar-refractivity contribution in [3.8, 4) is 0 Å². The first kappa shape index (κ1) is 17.4. The lowest BCUT2D eigenvalue weighted by Gasteiger charge is -2.18. The predicted octanol–water partition coefficient (Wildman–Crippen LogP) is 1.35. The lowest BCUT2D eigenvalue weighted by Crippen LogP contribution is -2.44. The zero-order chi connectivity index (χ0) is 17.2. The van der Waals surface area contributed by atoms with E-state index >= 15 is 0 Å². The number of carbonyl (C=O) groups excluding carboxylic acids is 1. The van der Waals surface area contributed by atoms with Crippen molar-refractivity contribution in [1.29, 1.82) is 0 Å². The van der Waals surface area contributed by atoms with Crippen molar-refractivity contribution >= 4 is 27.6 Å². The molecule has 0 unspecified atom stereocenters. The molecular formula is C15H20N2O5S. The topological polar surface area (TPSA) is 113 Å². The number of carboxylic acids is 1. The Hall–Kier alpha value is -1.93. The number of aryl methyl sites for hydroxylation is 1. The van der Waals surface area contributed by atoms with Crippen molar-refractivity contribution in [3.63, 3.8) is 0 Å². The van der Waals surface area contributed by atoms with E-state index in [-0.39, 0.29) is 16.7 Å². The number of fused-ring (bicyclic) bond motifs is 1. The molecule has 1 aliphatic rings. The Bertz CT molecular complexity index is 727. The van der Waals surface area contributed by atoms with E-state index < -0.39 is 22.0 Å². The molecule has 2 rings (SSSR count). The minimum absolute atomic E-state index is 0.000649. The van der Waals surface area contributed by atoms with Gasteiger partial charge in [0.05, 0.1) is 4.90 Å². The van der Waals surface area contributed by atoms with Crippen LogP contribution in [0.5, 0.6) is 0 Å². The van der Waals surface area contributed by atoms with Gasteiger partial charge in [-0.3, -0.25) is 9.59 Å². The van der Waals surface area contributed by atoms with E-state index in [0.717, 1.165) is 5.56 Å². The number of sulfonamides is 1. The summed E-state index contributed by atoms with van der Waals surface area (Å²) in [5, 5.41) is 11.9. The van der Waals surface area contributed by atoms with E-state index in [9.17, 15) is 18.0 Å². The molecular weight excluding hydrogens is 320 g/mol. The Morgan fingerprint density at radius 1 is 1.30 bits per heavy atom. The number of hydrogen-bond donors (Lipinski definition) is 3. The number of hydrogen-bond acceptors (Lipinski definition) is 4. The van der Waals surface area contributed by atoms with Crippen molar-refractivity contribution < 1.29 is 23.1 Å². The SMILES string of the molecule is CC(C)[C@@H](NS(=O)(=O)c1ccc2c(c1)CCCC(=O)N2)C(=O)O. The lowest BCUT2D eigenvalue weighted by molar-refractivity contribution is -0.140. The van der Waals surface area contributed by atoms with Crippen LogP contribution in [-0.4, -0.2) is 31.4 Å². The Balaban J connectivity index is 2.32. The first-order chi connectivity index (χ1) is 10.7. The van der Waals surface area contributed by atoms with Crippen molar-refractivity contribution in [2.75, 3.05) is 5.32 Å². The van der Waals surface area contributed by atoms with Crippen molar-refractivity contribution in [3.05, 3.63) is 23.8 Å². The van der Waals surface area contributed by atoms with E-state index in [1.54, 1.807) is 13.8 Å². The van der Waals surface area contributed by atoms with E-state index in [1.165, 1.54) is 18.2 Å². The van der Waals surface area contributed by atoms with E-state index in [1.807, 2.05) is 0 Å². The summed E-state index contributed by atoms with van der Waals surface area (Å²) in [6, 6.07) is 3.20. The molecule has 0 aliphatic carbocycles. The quantitative estimate of drug-likeness (QED) is 0.749. The number of benzene rings is 1. The minimum atomic E-state index is -3.95. The molecule has 1 amide bonds. The third kappa shape index (κ3) is 4.08. The first-order valence-corrected chi connectivity index (χ1v) is 8.87. The van der Waals surface area contributed by atoms with E-state index in [2.05, 4.69) is 10.0 Å². The average Bonchev–Trinajstić information content (AvgIpc) is 2.64. The predicted molar refractivity (Wildman–Crippen MR) is 84.6 cm³/mol. The number of carbonyl (C=O) groups is 2. The molecule has 0 saturated carbocycles. The second-order valence-corrected chi connectivity index (χ2v) is 7.62. The van der Waals surface area contributed by atoms with Crippen LogP contribution in [-0.2, 0) is 26.0 Å². The number of aliphatic carboxylic acids is 1. The maximum atomic E-state index is 12.4. The second kappa shape index (κ2) is 6.67. The van der Waals surface area contributed by atoms with Gasteiger partial charge in [0, 0.05) is 12.1 Å². The fourth-order valence-electron chi connectivity index (χ4n) is 2.42. The number of anilines is 1. The Kier molecular flexibility index (Phi) is 5.06. The first-order valence-electron chi connectivity index (χ1n) is 7.38. The summed E-state index contributed by atoms with van der Waals surface area (Å²) < 4.78 is 27.1. The third-order valence-electron chi connectivity index (χ3n) is 3.73. The summed E-state index contributed by atoms with van der Waals surface area (Å²) in [6.45, 7) is 3.27. The highest BCUT2D eigenvalue weighted by molar-refractivity contribution is 7.89. The average molecular weight is 340 g/mol. The molecule has 126 valence electrons. The summed E-state index contributed by atoms with van der Waals surface area (Å²) in [5.41, 5.74) is 1.33. The molecule has 0 bridgehead atoms. The van der Waals surface area contributed by atoms with Gasteiger partial charge in [-0.1, -0.05) is 13.8 Å². The molecule has 23 heavy (non-hydrogen) atoms. The van der Waals surface area contributed by atoms with Crippen LogP contribution in [0.25, 0.3) is 0 Å². The van der Waals surface area contributed by atoms with Gasteiger partial charge in [-0.05, 0) is 42.5 Å². The third-order valence-corrected chi connectivity index (χ3v) is 5.16. The number of nitrogens with one attached hydrogen (secondary N) is 2. The highest BCUT2D eigenvalue weighted by atomic mass is 32.2. The summed E-state index contributed by atoms with van der Waals surface area (Å²) in [6.07, 6.45) is 1.62. The maximum Gasteiger partial charge on any atom is 0.322 e. The zero-order valence-corrected chi connectivity index (χ0v) is 13.8. The Morgan fingerprint density at radius 2 is 2.00 bits per heavy atom. The Labute approximate surface area is 135 Å². The van der Waals surface area contributed by atoms with Crippen LogP contribution in [0, 0.1) is 5.92 Å². The molecule has 8 heteroatoms. The highest BCUT2D eigenvalue weighted by Crippen LogP contribution is 2.25. The monoisotopic (exact) mass is 340 g/mol. The largest absolute Gasteiger partial charge is 0.480 e. The number of carboxylic acid groups (broad SMARTS) is 1. The van der Waals surface area contributed by atoms with Crippen LogP contribution < -0.4 is 10.0 Å². The second-order valence-electron chi connectivity index (χ2n) is 5.90. The fraction of sp³-hybridized carbons (Fsp3) is 0.467. The molecule has 0 fully saturated rings. The van der Waals surface area contributed by atoms with Gasteiger partial charge >= 0.3 is 5.97 Å². The van der Waals surface area contributed by atoms with Gasteiger partial charge in [0.25, 0.3) is 0 Å². The molecule has 1 aromatic carbocycles. The van der Waals surface area contributed by atoms with Gasteiger partial charge in [-0.2, -0.15) is 4.72 Å². The molecule has 0 spiro atoms. The molecule has 1 heterocycles.